The lowest BCUT2D eigenvalue weighted by molar-refractivity contribution is 0.102. The second-order valence-corrected chi connectivity index (χ2v) is 7.18. The molecule has 1 N–H and O–H groups in total. The summed E-state index contributed by atoms with van der Waals surface area (Å²) in [5.74, 6) is 2.04. The molecule has 0 fully saturated rings. The van der Waals surface area contributed by atoms with Crippen molar-refractivity contribution in [1.29, 1.82) is 0 Å². The molecule has 0 aliphatic carbocycles. The van der Waals surface area contributed by atoms with E-state index in [1.165, 1.54) is 11.3 Å². The lowest BCUT2D eigenvalue weighted by Crippen LogP contribution is -2.10. The van der Waals surface area contributed by atoms with Crippen LogP contribution in [0.5, 0.6) is 11.5 Å². The number of benzene rings is 1. The van der Waals surface area contributed by atoms with Crippen LogP contribution < -0.4 is 14.8 Å². The molecule has 1 amide bonds. The number of methoxy groups -OCH3 is 2. The predicted octanol–water partition coefficient (Wildman–Crippen LogP) is 3.87. The molecule has 9 heteroatoms. The number of aromatic nitrogens is 3. The first-order chi connectivity index (χ1) is 13.5. The number of carbonyl (C=O) groups is 1. The summed E-state index contributed by atoms with van der Waals surface area (Å²) in [5, 5.41) is 12.0. The zero-order chi connectivity index (χ0) is 19.8. The number of nitrogens with one attached hydrogen (secondary N) is 1. The molecule has 0 unspecified atom stereocenters. The minimum absolute atomic E-state index is 0.243. The third-order valence-electron chi connectivity index (χ3n) is 4.26. The van der Waals surface area contributed by atoms with E-state index in [9.17, 15) is 4.79 Å². The maximum atomic E-state index is 12.6. The number of fused-ring (bicyclic) bond motifs is 1. The fourth-order valence-electron chi connectivity index (χ4n) is 2.95. The quantitative estimate of drug-likeness (QED) is 0.549. The molecule has 0 atom stereocenters. The zero-order valence-electron chi connectivity index (χ0n) is 15.8. The van der Waals surface area contributed by atoms with E-state index in [0.29, 0.717) is 28.0 Å². The number of nitrogens with zero attached hydrogens (tertiary/aromatic N) is 3. The van der Waals surface area contributed by atoms with Crippen molar-refractivity contribution in [3.63, 3.8) is 0 Å². The second-order valence-electron chi connectivity index (χ2n) is 6.15. The van der Waals surface area contributed by atoms with Gasteiger partial charge in [-0.2, -0.15) is 5.10 Å². The average molecular weight is 398 g/mol. The Morgan fingerprint density at radius 1 is 1.18 bits per heavy atom. The van der Waals surface area contributed by atoms with Crippen molar-refractivity contribution in [2.24, 2.45) is 7.05 Å². The van der Waals surface area contributed by atoms with E-state index in [1.807, 2.05) is 31.3 Å². The first-order valence-electron chi connectivity index (χ1n) is 8.43. The van der Waals surface area contributed by atoms with Gasteiger partial charge >= 0.3 is 0 Å². The molecular weight excluding hydrogens is 380 g/mol. The highest BCUT2D eigenvalue weighted by Crippen LogP contribution is 2.37. The van der Waals surface area contributed by atoms with Gasteiger partial charge < -0.3 is 19.3 Å². The van der Waals surface area contributed by atoms with E-state index in [0.717, 1.165) is 21.5 Å². The van der Waals surface area contributed by atoms with Crippen LogP contribution in [-0.4, -0.2) is 35.1 Å². The molecule has 3 aromatic heterocycles. The molecule has 4 rings (SSSR count). The van der Waals surface area contributed by atoms with Gasteiger partial charge in [0.2, 0.25) is 0 Å². The van der Waals surface area contributed by atoms with E-state index in [-0.39, 0.29) is 5.91 Å². The molecule has 0 radical (unpaired) electrons. The van der Waals surface area contributed by atoms with Gasteiger partial charge in [-0.1, -0.05) is 5.16 Å². The van der Waals surface area contributed by atoms with Crippen LogP contribution in [0.15, 0.2) is 34.9 Å². The summed E-state index contributed by atoms with van der Waals surface area (Å²) in [5.41, 5.74) is 1.64. The Labute approximate surface area is 164 Å². The monoisotopic (exact) mass is 398 g/mol. The third kappa shape index (κ3) is 3.09. The van der Waals surface area contributed by atoms with Gasteiger partial charge in [0.15, 0.2) is 17.3 Å². The number of anilines is 1. The van der Waals surface area contributed by atoms with Gasteiger partial charge in [0.05, 0.1) is 19.1 Å². The Morgan fingerprint density at radius 2 is 1.96 bits per heavy atom. The lowest BCUT2D eigenvalue weighted by Gasteiger charge is -2.08. The molecule has 0 saturated carbocycles. The molecule has 3 heterocycles. The van der Waals surface area contributed by atoms with E-state index in [4.69, 9.17) is 14.0 Å². The molecule has 4 aromatic rings. The third-order valence-corrected chi connectivity index (χ3v) is 5.46. The van der Waals surface area contributed by atoms with Crippen LogP contribution in [-0.2, 0) is 7.05 Å². The highest BCUT2D eigenvalue weighted by atomic mass is 32.1. The van der Waals surface area contributed by atoms with Crippen molar-refractivity contribution < 1.29 is 18.8 Å². The summed E-state index contributed by atoms with van der Waals surface area (Å²) in [7, 11) is 5.04. The number of rotatable bonds is 5. The van der Waals surface area contributed by atoms with Gasteiger partial charge in [0.25, 0.3) is 5.91 Å². The van der Waals surface area contributed by atoms with Crippen LogP contribution in [0.25, 0.3) is 21.5 Å². The van der Waals surface area contributed by atoms with Crippen molar-refractivity contribution in [3.05, 3.63) is 41.0 Å². The SMILES string of the molecule is COc1ccc(-c2nn(C)c3sc(C(=O)Nc4cc(C)on4)cc23)cc1OC. The maximum absolute atomic E-state index is 12.6. The summed E-state index contributed by atoms with van der Waals surface area (Å²) in [6, 6.07) is 9.12. The molecular formula is C19H18N4O4S. The maximum Gasteiger partial charge on any atom is 0.267 e. The fourth-order valence-corrected chi connectivity index (χ4v) is 3.92. The number of ether oxygens (including phenoxy) is 2. The molecule has 0 aliphatic heterocycles. The first-order valence-corrected chi connectivity index (χ1v) is 9.25. The Morgan fingerprint density at radius 3 is 2.64 bits per heavy atom. The topological polar surface area (TPSA) is 91.4 Å². The van der Waals surface area contributed by atoms with Crippen LogP contribution in [0.3, 0.4) is 0 Å². The zero-order valence-corrected chi connectivity index (χ0v) is 16.6. The van der Waals surface area contributed by atoms with Gasteiger partial charge in [-0.3, -0.25) is 9.48 Å². The summed E-state index contributed by atoms with van der Waals surface area (Å²) >= 11 is 1.37. The standard InChI is InChI=1S/C19H18N4O4S/c1-10-7-16(22-27-10)20-18(24)15-9-12-17(21-23(2)19(12)28-15)11-5-6-13(25-3)14(8-11)26-4/h5-9H,1-4H3,(H,20,22,24). The first kappa shape index (κ1) is 18.1. The van der Waals surface area contributed by atoms with Crippen LogP contribution >= 0.6 is 11.3 Å². The summed E-state index contributed by atoms with van der Waals surface area (Å²) < 4.78 is 17.4. The largest absolute Gasteiger partial charge is 0.493 e. The summed E-state index contributed by atoms with van der Waals surface area (Å²) in [6.07, 6.45) is 0. The minimum Gasteiger partial charge on any atom is -0.493 e. The van der Waals surface area contributed by atoms with Crippen LogP contribution in [0.1, 0.15) is 15.4 Å². The van der Waals surface area contributed by atoms with Crippen LogP contribution in [0, 0.1) is 6.92 Å². The second kappa shape index (κ2) is 7.01. The predicted molar refractivity (Wildman–Crippen MR) is 106 cm³/mol. The number of hydrogen-bond donors (Lipinski definition) is 1. The molecule has 28 heavy (non-hydrogen) atoms. The molecule has 0 aliphatic rings. The molecule has 0 saturated heterocycles. The summed E-state index contributed by atoms with van der Waals surface area (Å²) in [4.78, 5) is 14.0. The molecule has 144 valence electrons. The lowest BCUT2D eigenvalue weighted by atomic mass is 10.1. The van der Waals surface area contributed by atoms with Crippen LogP contribution in [0.2, 0.25) is 0 Å². The van der Waals surface area contributed by atoms with Crippen molar-refractivity contribution in [3.8, 4) is 22.8 Å². The van der Waals surface area contributed by atoms with Gasteiger partial charge in [-0.05, 0) is 31.2 Å². The van der Waals surface area contributed by atoms with Gasteiger partial charge in [-0.25, -0.2) is 0 Å². The average Bonchev–Trinajstić information content (AvgIpc) is 3.38. The Kier molecular flexibility index (Phi) is 4.52. The Bertz CT molecular complexity index is 1170. The van der Waals surface area contributed by atoms with Crippen molar-refractivity contribution in [2.75, 3.05) is 19.5 Å². The van der Waals surface area contributed by atoms with Crippen molar-refractivity contribution in [1.82, 2.24) is 14.9 Å². The van der Waals surface area contributed by atoms with Gasteiger partial charge in [0.1, 0.15) is 16.3 Å². The highest BCUT2D eigenvalue weighted by Gasteiger charge is 2.19. The molecule has 0 spiro atoms. The smallest absolute Gasteiger partial charge is 0.267 e. The highest BCUT2D eigenvalue weighted by molar-refractivity contribution is 7.20. The van der Waals surface area contributed by atoms with Crippen molar-refractivity contribution in [2.45, 2.75) is 6.92 Å². The molecule has 8 nitrogen and oxygen atoms in total. The number of aryl methyl sites for hydroxylation is 2. The van der Waals surface area contributed by atoms with Crippen LogP contribution in [0.4, 0.5) is 5.82 Å². The van der Waals surface area contributed by atoms with Crippen molar-refractivity contribution >= 4 is 33.3 Å². The normalized spacial score (nSPS) is 11.0. The fraction of sp³-hybridized carbons (Fsp3) is 0.211. The molecule has 1 aromatic carbocycles. The summed E-state index contributed by atoms with van der Waals surface area (Å²) in [6.45, 7) is 1.77. The number of carbonyl (C=O) groups excluding carboxylic acids is 1. The molecule has 0 bridgehead atoms. The number of amides is 1. The minimum atomic E-state index is -0.243. The van der Waals surface area contributed by atoms with Gasteiger partial charge in [0, 0.05) is 24.1 Å². The number of thiophene rings is 1. The van der Waals surface area contributed by atoms with E-state index < -0.39 is 0 Å². The Balaban J connectivity index is 1.72. The van der Waals surface area contributed by atoms with E-state index in [1.54, 1.807) is 31.9 Å². The van der Waals surface area contributed by atoms with Gasteiger partial charge in [-0.15, -0.1) is 11.3 Å². The van der Waals surface area contributed by atoms with E-state index in [2.05, 4.69) is 15.6 Å². The number of hydrogen-bond acceptors (Lipinski definition) is 7. The Hall–Kier alpha value is -3.33. The van der Waals surface area contributed by atoms with E-state index >= 15 is 0 Å².